The maximum Gasteiger partial charge on any atom is 0.329 e. The smallest absolute Gasteiger partial charge is 0.329 e. The number of likely N-dealkylation sites (tertiary alicyclic amines) is 1. The number of para-hydroxylation sites is 1. The zero-order valence-corrected chi connectivity index (χ0v) is 13.6. The minimum absolute atomic E-state index is 0.121. The van der Waals surface area contributed by atoms with Gasteiger partial charge in [-0.15, -0.1) is 0 Å². The number of aromatic nitrogens is 2. The second-order valence-electron chi connectivity index (χ2n) is 5.97. The maximum absolute atomic E-state index is 12.9. The molecule has 3 rings (SSSR count). The Labute approximate surface area is 139 Å². The molecule has 1 aromatic carbocycles. The summed E-state index contributed by atoms with van der Waals surface area (Å²) in [5.41, 5.74) is -0.300. The number of carbonyl (C=O) groups excluding carboxylic acids is 1. The quantitative estimate of drug-likeness (QED) is 0.927. The van der Waals surface area contributed by atoms with Gasteiger partial charge in [0, 0.05) is 6.54 Å². The number of hydrogen-bond donors (Lipinski definition) is 1. The van der Waals surface area contributed by atoms with Crippen LogP contribution in [0.1, 0.15) is 30.3 Å². The predicted molar refractivity (Wildman–Crippen MR) is 86.4 cm³/mol. The third kappa shape index (κ3) is 2.51. The van der Waals surface area contributed by atoms with Crippen molar-refractivity contribution >= 4 is 11.9 Å². The highest BCUT2D eigenvalue weighted by atomic mass is 16.5. The van der Waals surface area contributed by atoms with Gasteiger partial charge in [-0.3, -0.25) is 4.79 Å². The van der Waals surface area contributed by atoms with Crippen molar-refractivity contribution in [1.82, 2.24) is 14.7 Å². The van der Waals surface area contributed by atoms with Crippen molar-refractivity contribution in [1.29, 1.82) is 0 Å². The van der Waals surface area contributed by atoms with Crippen LogP contribution in [-0.4, -0.2) is 50.9 Å². The zero-order chi connectivity index (χ0) is 17.3. The van der Waals surface area contributed by atoms with Crippen molar-refractivity contribution < 1.29 is 19.4 Å². The van der Waals surface area contributed by atoms with E-state index in [0.29, 0.717) is 25.1 Å². The summed E-state index contributed by atoms with van der Waals surface area (Å²) in [6.07, 6.45) is 2.70. The molecule has 1 N–H and O–H groups in total. The topological polar surface area (TPSA) is 84.7 Å². The summed E-state index contributed by atoms with van der Waals surface area (Å²) in [5.74, 6) is -1.11. The largest absolute Gasteiger partial charge is 0.493 e. The summed E-state index contributed by atoms with van der Waals surface area (Å²) in [4.78, 5) is 25.9. The molecular weight excluding hydrogens is 310 g/mol. The van der Waals surface area contributed by atoms with Crippen molar-refractivity contribution in [3.05, 3.63) is 42.2 Å². The van der Waals surface area contributed by atoms with Gasteiger partial charge in [0.25, 0.3) is 5.91 Å². The predicted octanol–water partition coefficient (Wildman–Crippen LogP) is 1.96. The van der Waals surface area contributed by atoms with E-state index in [9.17, 15) is 14.7 Å². The summed E-state index contributed by atoms with van der Waals surface area (Å²) in [7, 11) is 1.46. The first-order valence-electron chi connectivity index (χ1n) is 7.72. The molecular formula is C17H19N3O4. The SMILES string of the molecule is COc1cn(-c2ccccc2)nc1C(=O)N1CCCC1(C)C(=O)O. The van der Waals surface area contributed by atoms with Gasteiger partial charge in [-0.05, 0) is 31.9 Å². The first-order chi connectivity index (χ1) is 11.5. The second kappa shape index (κ2) is 5.99. The Kier molecular flexibility index (Phi) is 4.01. The van der Waals surface area contributed by atoms with Crippen molar-refractivity contribution in [2.45, 2.75) is 25.3 Å². The first kappa shape index (κ1) is 16.0. The molecule has 0 bridgehead atoms. The number of aliphatic carboxylic acids is 1. The molecule has 1 amide bonds. The molecule has 7 heteroatoms. The Morgan fingerprint density at radius 2 is 2.00 bits per heavy atom. The molecule has 1 aliphatic heterocycles. The number of benzene rings is 1. The molecule has 2 heterocycles. The van der Waals surface area contributed by atoms with Crippen LogP contribution in [0.25, 0.3) is 5.69 Å². The summed E-state index contributed by atoms with van der Waals surface area (Å²) in [6.45, 7) is 1.96. The van der Waals surface area contributed by atoms with Crippen molar-refractivity contribution in [3.8, 4) is 11.4 Å². The van der Waals surface area contributed by atoms with Gasteiger partial charge < -0.3 is 14.7 Å². The fraction of sp³-hybridized carbons (Fsp3) is 0.353. The number of methoxy groups -OCH3 is 1. The molecule has 1 aliphatic rings. The average molecular weight is 329 g/mol. The monoisotopic (exact) mass is 329 g/mol. The fourth-order valence-electron chi connectivity index (χ4n) is 3.01. The van der Waals surface area contributed by atoms with Crippen LogP contribution in [0.2, 0.25) is 0 Å². The molecule has 1 saturated heterocycles. The zero-order valence-electron chi connectivity index (χ0n) is 13.6. The molecule has 1 atom stereocenters. The highest BCUT2D eigenvalue weighted by molar-refractivity contribution is 5.98. The maximum atomic E-state index is 12.9. The molecule has 24 heavy (non-hydrogen) atoms. The van der Waals surface area contributed by atoms with Crippen LogP contribution in [0.4, 0.5) is 0 Å². The van der Waals surface area contributed by atoms with Gasteiger partial charge in [-0.1, -0.05) is 18.2 Å². The summed E-state index contributed by atoms with van der Waals surface area (Å²) in [6, 6.07) is 9.34. The van der Waals surface area contributed by atoms with Crippen LogP contribution in [0.5, 0.6) is 5.75 Å². The van der Waals surface area contributed by atoms with E-state index in [0.717, 1.165) is 5.69 Å². The van der Waals surface area contributed by atoms with Gasteiger partial charge in [0.05, 0.1) is 19.0 Å². The van der Waals surface area contributed by atoms with E-state index < -0.39 is 17.4 Å². The van der Waals surface area contributed by atoms with Gasteiger partial charge in [0.2, 0.25) is 0 Å². The van der Waals surface area contributed by atoms with Crippen LogP contribution >= 0.6 is 0 Å². The minimum Gasteiger partial charge on any atom is -0.493 e. The highest BCUT2D eigenvalue weighted by Crippen LogP contribution is 2.32. The highest BCUT2D eigenvalue weighted by Gasteiger charge is 2.47. The number of carbonyl (C=O) groups is 2. The third-order valence-electron chi connectivity index (χ3n) is 4.47. The van der Waals surface area contributed by atoms with E-state index in [2.05, 4.69) is 5.10 Å². The lowest BCUT2D eigenvalue weighted by Gasteiger charge is -2.30. The number of hydrogen-bond acceptors (Lipinski definition) is 4. The molecule has 0 radical (unpaired) electrons. The van der Waals surface area contributed by atoms with E-state index in [1.165, 1.54) is 12.0 Å². The van der Waals surface area contributed by atoms with Crippen LogP contribution in [0.15, 0.2) is 36.5 Å². The molecule has 1 aromatic heterocycles. The number of carboxylic acids is 1. The van der Waals surface area contributed by atoms with Gasteiger partial charge in [-0.2, -0.15) is 5.10 Å². The normalized spacial score (nSPS) is 20.2. The van der Waals surface area contributed by atoms with E-state index in [1.807, 2.05) is 30.3 Å². The van der Waals surface area contributed by atoms with E-state index >= 15 is 0 Å². The Morgan fingerprint density at radius 3 is 2.62 bits per heavy atom. The van der Waals surface area contributed by atoms with Crippen molar-refractivity contribution in [2.24, 2.45) is 0 Å². The van der Waals surface area contributed by atoms with Crippen molar-refractivity contribution in [2.75, 3.05) is 13.7 Å². The summed E-state index contributed by atoms with van der Waals surface area (Å²) >= 11 is 0. The first-order valence-corrected chi connectivity index (χ1v) is 7.72. The lowest BCUT2D eigenvalue weighted by Crippen LogP contribution is -2.50. The Bertz CT molecular complexity index is 771. The summed E-state index contributed by atoms with van der Waals surface area (Å²) < 4.78 is 6.83. The van der Waals surface area contributed by atoms with Gasteiger partial charge in [0.15, 0.2) is 11.4 Å². The summed E-state index contributed by atoms with van der Waals surface area (Å²) in [5, 5.41) is 13.8. The second-order valence-corrected chi connectivity index (χ2v) is 5.97. The molecule has 126 valence electrons. The minimum atomic E-state index is -1.21. The molecule has 0 aliphatic carbocycles. The molecule has 1 unspecified atom stereocenters. The lowest BCUT2D eigenvalue weighted by atomic mass is 9.99. The molecule has 0 spiro atoms. The van der Waals surface area contributed by atoms with E-state index in [1.54, 1.807) is 17.8 Å². The fourth-order valence-corrected chi connectivity index (χ4v) is 3.01. The van der Waals surface area contributed by atoms with Gasteiger partial charge in [0.1, 0.15) is 5.54 Å². The van der Waals surface area contributed by atoms with Gasteiger partial charge >= 0.3 is 5.97 Å². The molecule has 2 aromatic rings. The van der Waals surface area contributed by atoms with Crippen LogP contribution < -0.4 is 4.74 Å². The van der Waals surface area contributed by atoms with Crippen LogP contribution in [0.3, 0.4) is 0 Å². The molecule has 1 fully saturated rings. The number of amides is 1. The molecule has 7 nitrogen and oxygen atoms in total. The Balaban J connectivity index is 1.98. The van der Waals surface area contributed by atoms with Crippen molar-refractivity contribution in [3.63, 3.8) is 0 Å². The van der Waals surface area contributed by atoms with Crippen LogP contribution in [0, 0.1) is 0 Å². The number of nitrogens with zero attached hydrogens (tertiary/aromatic N) is 3. The lowest BCUT2D eigenvalue weighted by molar-refractivity contribution is -0.147. The third-order valence-corrected chi connectivity index (χ3v) is 4.47. The van der Waals surface area contributed by atoms with E-state index in [4.69, 9.17) is 4.74 Å². The Morgan fingerprint density at radius 1 is 1.29 bits per heavy atom. The standard InChI is InChI=1S/C17H19N3O4/c1-17(16(22)23)9-6-10-19(17)15(21)14-13(24-2)11-20(18-14)12-7-4-3-5-8-12/h3-5,7-8,11H,6,9-10H2,1-2H3,(H,22,23). The Hall–Kier alpha value is -2.83. The number of carboxylic acid groups (broad SMARTS) is 1. The average Bonchev–Trinajstić information content (AvgIpc) is 3.19. The van der Waals surface area contributed by atoms with Gasteiger partial charge in [-0.25, -0.2) is 9.48 Å². The number of rotatable bonds is 4. The van der Waals surface area contributed by atoms with E-state index in [-0.39, 0.29) is 5.69 Å². The molecule has 0 saturated carbocycles. The van der Waals surface area contributed by atoms with Crippen LogP contribution in [-0.2, 0) is 4.79 Å². The number of ether oxygens (including phenoxy) is 1.